The van der Waals surface area contributed by atoms with Gasteiger partial charge in [0.15, 0.2) is 0 Å². The Hall–Kier alpha value is -3.07. The highest BCUT2D eigenvalue weighted by Crippen LogP contribution is 2.38. The molecule has 34 heavy (non-hydrogen) atoms. The fourth-order valence-corrected chi connectivity index (χ4v) is 4.51. The van der Waals surface area contributed by atoms with Crippen molar-refractivity contribution in [2.45, 2.75) is 19.4 Å². The lowest BCUT2D eigenvalue weighted by Crippen LogP contribution is -2.21. The van der Waals surface area contributed by atoms with Gasteiger partial charge in [-0.2, -0.15) is 4.98 Å². The van der Waals surface area contributed by atoms with Crippen molar-refractivity contribution in [2.75, 3.05) is 32.6 Å². The van der Waals surface area contributed by atoms with Gasteiger partial charge in [-0.3, -0.25) is 4.79 Å². The Bertz CT molecular complexity index is 1220. The number of nitrogens with two attached hydrogens (primary N) is 1. The number of methoxy groups -OCH3 is 1. The van der Waals surface area contributed by atoms with E-state index in [0.29, 0.717) is 15.6 Å². The van der Waals surface area contributed by atoms with Gasteiger partial charge in [0.2, 0.25) is 11.8 Å². The molecule has 2 heterocycles. The second-order valence-electron chi connectivity index (χ2n) is 8.14. The van der Waals surface area contributed by atoms with Crippen LogP contribution >= 0.6 is 23.2 Å². The molecule has 1 saturated heterocycles. The average Bonchev–Trinajstić information content (AvgIpc) is 3.19. The van der Waals surface area contributed by atoms with Gasteiger partial charge < -0.3 is 25.4 Å². The van der Waals surface area contributed by atoms with Gasteiger partial charge in [0, 0.05) is 24.3 Å². The molecule has 1 atom stereocenters. The van der Waals surface area contributed by atoms with Gasteiger partial charge in [-0.15, -0.1) is 0 Å². The normalized spacial score (nSPS) is 15.9. The molecule has 1 fully saturated rings. The van der Waals surface area contributed by atoms with Gasteiger partial charge in [0.1, 0.15) is 17.4 Å². The summed E-state index contributed by atoms with van der Waals surface area (Å²) in [6.07, 6.45) is 1.18. The van der Waals surface area contributed by atoms with Crippen LogP contribution in [0, 0.1) is 6.92 Å². The number of amides is 1. The van der Waals surface area contributed by atoms with E-state index in [2.05, 4.69) is 27.2 Å². The van der Waals surface area contributed by atoms with Crippen molar-refractivity contribution >= 4 is 40.7 Å². The van der Waals surface area contributed by atoms with Gasteiger partial charge in [-0.1, -0.05) is 29.3 Å². The van der Waals surface area contributed by atoms with Crippen LogP contribution in [0.1, 0.15) is 22.3 Å². The highest BCUT2D eigenvalue weighted by Gasteiger charge is 2.25. The summed E-state index contributed by atoms with van der Waals surface area (Å²) >= 11 is 12.8. The molecule has 2 aromatic carbocycles. The van der Waals surface area contributed by atoms with Gasteiger partial charge in [-0.05, 0) is 56.3 Å². The van der Waals surface area contributed by atoms with Crippen LogP contribution < -0.4 is 20.5 Å². The summed E-state index contributed by atoms with van der Waals surface area (Å²) in [7, 11) is 3.48. The lowest BCUT2D eigenvalue weighted by molar-refractivity contribution is 0.0997. The summed E-state index contributed by atoms with van der Waals surface area (Å²) < 4.78 is 11.5. The van der Waals surface area contributed by atoms with Crippen LogP contribution in [0.4, 0.5) is 11.6 Å². The third-order valence-electron chi connectivity index (χ3n) is 5.59. The number of hydrogen-bond acceptors (Lipinski definition) is 7. The third kappa shape index (κ3) is 5.04. The molecule has 1 aromatic heterocycles. The number of likely N-dealkylation sites (tertiary alicyclic amines) is 1. The first-order valence-corrected chi connectivity index (χ1v) is 11.5. The van der Waals surface area contributed by atoms with Gasteiger partial charge in [0.25, 0.3) is 5.91 Å². The predicted octanol–water partition coefficient (Wildman–Crippen LogP) is 4.69. The Kier molecular flexibility index (Phi) is 7.11. The zero-order valence-corrected chi connectivity index (χ0v) is 20.6. The van der Waals surface area contributed by atoms with Gasteiger partial charge >= 0.3 is 0 Å². The standard InChI is InChI=1S/C24H25Cl2N5O3/c1-13-11-14(7-8-18(13)34-15-9-10-31(2)12-15)28-24-29-21(19-16(25)5-4-6-17(19)26)20(22(27)32)23(30-24)33-3/h4-8,11,15H,9-10,12H2,1-3H3,(H2,27,32)(H,28,29,30). The monoisotopic (exact) mass is 501 g/mol. The first kappa shape index (κ1) is 24.1. The van der Waals surface area contributed by atoms with Crippen LogP contribution in [0.2, 0.25) is 10.0 Å². The van der Waals surface area contributed by atoms with Crippen molar-refractivity contribution in [3.63, 3.8) is 0 Å². The minimum absolute atomic E-state index is 0.00971. The molecule has 0 spiro atoms. The van der Waals surface area contributed by atoms with E-state index in [9.17, 15) is 4.79 Å². The highest BCUT2D eigenvalue weighted by atomic mass is 35.5. The molecule has 4 rings (SSSR count). The Balaban J connectivity index is 1.69. The van der Waals surface area contributed by atoms with Crippen LogP contribution in [-0.2, 0) is 0 Å². The Morgan fingerprint density at radius 1 is 1.21 bits per heavy atom. The molecule has 1 unspecified atom stereocenters. The number of likely N-dealkylation sites (N-methyl/N-ethyl adjacent to an activating group) is 1. The fraction of sp³-hybridized carbons (Fsp3) is 0.292. The topological polar surface area (TPSA) is 103 Å². The molecule has 3 N–H and O–H groups in total. The Morgan fingerprint density at radius 3 is 2.53 bits per heavy atom. The maximum atomic E-state index is 12.3. The molecule has 10 heteroatoms. The first-order valence-electron chi connectivity index (χ1n) is 10.7. The number of carbonyl (C=O) groups excluding carboxylic acids is 1. The molecule has 1 aliphatic heterocycles. The largest absolute Gasteiger partial charge is 0.489 e. The molecule has 8 nitrogen and oxygen atoms in total. The summed E-state index contributed by atoms with van der Waals surface area (Å²) in [6.45, 7) is 3.92. The van der Waals surface area contributed by atoms with Crippen LogP contribution in [0.15, 0.2) is 36.4 Å². The van der Waals surface area contributed by atoms with Crippen LogP contribution in [0.25, 0.3) is 11.3 Å². The highest BCUT2D eigenvalue weighted by molar-refractivity contribution is 6.39. The quantitative estimate of drug-likeness (QED) is 0.483. The van der Waals surface area contributed by atoms with Crippen molar-refractivity contribution in [1.82, 2.24) is 14.9 Å². The Morgan fingerprint density at radius 2 is 1.94 bits per heavy atom. The molecule has 0 bridgehead atoms. The van der Waals surface area contributed by atoms with Crippen molar-refractivity contribution in [3.8, 4) is 22.9 Å². The van der Waals surface area contributed by atoms with E-state index in [4.69, 9.17) is 38.4 Å². The van der Waals surface area contributed by atoms with Crippen molar-refractivity contribution < 1.29 is 14.3 Å². The summed E-state index contributed by atoms with van der Waals surface area (Å²) in [4.78, 5) is 23.4. The minimum atomic E-state index is -0.760. The van der Waals surface area contributed by atoms with Crippen LogP contribution in [-0.4, -0.2) is 54.1 Å². The van der Waals surface area contributed by atoms with E-state index in [1.807, 2.05) is 25.1 Å². The summed E-state index contributed by atoms with van der Waals surface area (Å²) in [5, 5.41) is 3.79. The maximum absolute atomic E-state index is 12.3. The number of ether oxygens (including phenoxy) is 2. The number of rotatable bonds is 7. The lowest BCUT2D eigenvalue weighted by Gasteiger charge is -2.17. The zero-order valence-electron chi connectivity index (χ0n) is 19.1. The number of nitrogens with zero attached hydrogens (tertiary/aromatic N) is 3. The number of primary amides is 1. The first-order chi connectivity index (χ1) is 16.3. The fourth-order valence-electron chi connectivity index (χ4n) is 3.93. The number of anilines is 2. The van der Waals surface area contributed by atoms with E-state index in [0.717, 1.165) is 36.5 Å². The molecule has 178 valence electrons. The molecule has 0 aliphatic carbocycles. The smallest absolute Gasteiger partial charge is 0.256 e. The zero-order chi connectivity index (χ0) is 24.4. The van der Waals surface area contributed by atoms with Gasteiger partial charge in [0.05, 0.1) is 22.8 Å². The summed E-state index contributed by atoms with van der Waals surface area (Å²) in [6, 6.07) is 10.7. The molecule has 1 aliphatic rings. The average molecular weight is 502 g/mol. The molecular formula is C24H25Cl2N5O3. The van der Waals surface area contributed by atoms with E-state index in [-0.39, 0.29) is 29.2 Å². The molecule has 0 saturated carbocycles. The molecule has 3 aromatic rings. The number of halogens is 2. The van der Waals surface area contributed by atoms with E-state index < -0.39 is 5.91 Å². The van der Waals surface area contributed by atoms with Crippen molar-refractivity contribution in [1.29, 1.82) is 0 Å². The van der Waals surface area contributed by atoms with Crippen molar-refractivity contribution in [2.24, 2.45) is 5.73 Å². The number of aromatic nitrogens is 2. The Labute approximate surface area is 208 Å². The minimum Gasteiger partial charge on any atom is -0.489 e. The van der Waals surface area contributed by atoms with E-state index in [1.54, 1.807) is 18.2 Å². The number of benzene rings is 2. The maximum Gasteiger partial charge on any atom is 0.256 e. The number of hydrogen-bond donors (Lipinski definition) is 2. The molecular weight excluding hydrogens is 477 g/mol. The second kappa shape index (κ2) is 10.0. The molecule has 1 amide bonds. The summed E-state index contributed by atoms with van der Waals surface area (Å²) in [5.41, 5.74) is 7.86. The lowest BCUT2D eigenvalue weighted by atomic mass is 10.1. The number of carbonyl (C=O) groups is 1. The predicted molar refractivity (Wildman–Crippen MR) is 134 cm³/mol. The number of nitrogens with one attached hydrogen (secondary N) is 1. The summed E-state index contributed by atoms with van der Waals surface area (Å²) in [5.74, 6) is 0.276. The third-order valence-corrected chi connectivity index (χ3v) is 6.22. The van der Waals surface area contributed by atoms with E-state index >= 15 is 0 Å². The molecule has 0 radical (unpaired) electrons. The SMILES string of the molecule is COc1nc(Nc2ccc(OC3CCN(C)C3)c(C)c2)nc(-c2c(Cl)cccc2Cl)c1C(N)=O. The second-order valence-corrected chi connectivity index (χ2v) is 8.95. The number of aryl methyl sites for hydroxylation is 1. The van der Waals surface area contributed by atoms with Crippen LogP contribution in [0.3, 0.4) is 0 Å². The van der Waals surface area contributed by atoms with Crippen LogP contribution in [0.5, 0.6) is 11.6 Å². The van der Waals surface area contributed by atoms with Crippen molar-refractivity contribution in [3.05, 3.63) is 57.6 Å². The van der Waals surface area contributed by atoms with Gasteiger partial charge in [-0.25, -0.2) is 4.98 Å². The van der Waals surface area contributed by atoms with E-state index in [1.165, 1.54) is 7.11 Å².